The Morgan fingerprint density at radius 3 is 3.06 bits per heavy atom. The third-order valence-electron chi connectivity index (χ3n) is 2.64. The predicted molar refractivity (Wildman–Crippen MR) is 58.8 cm³/mol. The molecule has 0 aromatic carbocycles. The zero-order valence-corrected chi connectivity index (χ0v) is 9.08. The van der Waals surface area contributed by atoms with E-state index in [-0.39, 0.29) is 12.6 Å². The van der Waals surface area contributed by atoms with E-state index in [0.717, 1.165) is 11.5 Å². The fourth-order valence-electron chi connectivity index (χ4n) is 1.69. The summed E-state index contributed by atoms with van der Waals surface area (Å²) in [5.41, 5.74) is 6.59. The quantitative estimate of drug-likeness (QED) is 0.809. The summed E-state index contributed by atoms with van der Waals surface area (Å²) in [6, 6.07) is 3.35. The molecule has 0 saturated heterocycles. The van der Waals surface area contributed by atoms with Crippen LogP contribution in [0.1, 0.15) is 30.5 Å². The molecule has 0 bridgehead atoms. The van der Waals surface area contributed by atoms with Crippen molar-refractivity contribution in [2.45, 2.75) is 19.0 Å². The maximum atomic E-state index is 9.05. The van der Waals surface area contributed by atoms with Crippen LogP contribution in [-0.4, -0.2) is 21.3 Å². The lowest BCUT2D eigenvalue weighted by Crippen LogP contribution is -2.20. The molecule has 5 heteroatoms. The minimum Gasteiger partial charge on any atom is -0.467 e. The Morgan fingerprint density at radius 1 is 1.62 bits per heavy atom. The van der Waals surface area contributed by atoms with Crippen molar-refractivity contribution in [2.24, 2.45) is 5.73 Å². The summed E-state index contributed by atoms with van der Waals surface area (Å²) in [6.07, 6.45) is 4.99. The molecule has 16 heavy (non-hydrogen) atoms. The van der Waals surface area contributed by atoms with Gasteiger partial charge < -0.3 is 19.8 Å². The summed E-state index contributed by atoms with van der Waals surface area (Å²) in [7, 11) is 0. The first-order chi connectivity index (χ1) is 7.74. The molecular formula is C11H15N3O2. The van der Waals surface area contributed by atoms with E-state index in [1.807, 2.05) is 23.6 Å². The van der Waals surface area contributed by atoms with Gasteiger partial charge >= 0.3 is 0 Å². The highest BCUT2D eigenvalue weighted by molar-refractivity contribution is 5.12. The van der Waals surface area contributed by atoms with Crippen molar-refractivity contribution >= 4 is 0 Å². The van der Waals surface area contributed by atoms with Gasteiger partial charge in [0.15, 0.2) is 0 Å². The van der Waals surface area contributed by atoms with Crippen LogP contribution >= 0.6 is 0 Å². The molecule has 2 unspecified atom stereocenters. The van der Waals surface area contributed by atoms with Gasteiger partial charge in [0.25, 0.3) is 0 Å². The Kier molecular flexibility index (Phi) is 3.07. The molecule has 0 spiro atoms. The molecule has 0 aliphatic heterocycles. The van der Waals surface area contributed by atoms with Crippen molar-refractivity contribution in [1.82, 2.24) is 9.55 Å². The van der Waals surface area contributed by atoms with E-state index in [2.05, 4.69) is 4.98 Å². The monoisotopic (exact) mass is 221 g/mol. The van der Waals surface area contributed by atoms with Crippen LogP contribution < -0.4 is 5.73 Å². The van der Waals surface area contributed by atoms with Crippen LogP contribution in [0.4, 0.5) is 0 Å². The minimum atomic E-state index is -0.417. The molecule has 2 atom stereocenters. The van der Waals surface area contributed by atoms with E-state index < -0.39 is 6.04 Å². The lowest BCUT2D eigenvalue weighted by atomic mass is 10.2. The first-order valence-corrected chi connectivity index (χ1v) is 5.15. The molecular weight excluding hydrogens is 206 g/mol. The summed E-state index contributed by atoms with van der Waals surface area (Å²) in [5.74, 6) is 0.837. The average Bonchev–Trinajstić information content (AvgIpc) is 2.97. The second kappa shape index (κ2) is 4.51. The molecule has 0 radical (unpaired) electrons. The zero-order chi connectivity index (χ0) is 11.5. The van der Waals surface area contributed by atoms with Gasteiger partial charge in [-0.05, 0) is 19.1 Å². The van der Waals surface area contributed by atoms with E-state index in [1.165, 1.54) is 0 Å². The molecule has 2 aromatic rings. The predicted octanol–water partition coefficient (Wildman–Crippen LogP) is 1.08. The van der Waals surface area contributed by atoms with Gasteiger partial charge in [-0.25, -0.2) is 4.98 Å². The van der Waals surface area contributed by atoms with Crippen LogP contribution in [0.15, 0.2) is 35.3 Å². The van der Waals surface area contributed by atoms with Crippen molar-refractivity contribution < 1.29 is 9.52 Å². The highest BCUT2D eigenvalue weighted by atomic mass is 16.3. The number of nitrogens with zero attached hydrogens (tertiary/aromatic N) is 2. The molecule has 2 aromatic heterocycles. The smallest absolute Gasteiger partial charge is 0.126 e. The summed E-state index contributed by atoms with van der Waals surface area (Å²) in [4.78, 5) is 4.05. The second-order valence-corrected chi connectivity index (χ2v) is 3.71. The fraction of sp³-hybridized carbons (Fsp3) is 0.364. The molecule has 2 heterocycles. The Bertz CT molecular complexity index is 436. The molecule has 2 rings (SSSR count). The van der Waals surface area contributed by atoms with Crippen molar-refractivity contribution in [1.29, 1.82) is 0 Å². The number of rotatable bonds is 4. The number of aliphatic hydroxyl groups is 1. The Hall–Kier alpha value is -1.59. The first-order valence-electron chi connectivity index (χ1n) is 5.15. The highest BCUT2D eigenvalue weighted by Crippen LogP contribution is 2.22. The van der Waals surface area contributed by atoms with Gasteiger partial charge in [-0.2, -0.15) is 0 Å². The second-order valence-electron chi connectivity index (χ2n) is 3.71. The number of hydrogen-bond donors (Lipinski definition) is 2. The van der Waals surface area contributed by atoms with E-state index in [1.54, 1.807) is 18.8 Å². The standard InChI is InChI=1S/C11H15N3O2/c1-8(11-3-2-4-16-11)14-7-13-5-10(14)9(12)6-15/h2-5,7-9,15H,6,12H2,1H3. The summed E-state index contributed by atoms with van der Waals surface area (Å²) < 4.78 is 7.24. The van der Waals surface area contributed by atoms with Crippen molar-refractivity contribution in [3.8, 4) is 0 Å². The third kappa shape index (κ3) is 1.87. The number of imidazole rings is 1. The lowest BCUT2D eigenvalue weighted by Gasteiger charge is -2.17. The van der Waals surface area contributed by atoms with Crippen molar-refractivity contribution in [3.05, 3.63) is 42.4 Å². The topological polar surface area (TPSA) is 77.2 Å². The summed E-state index contributed by atoms with van der Waals surface area (Å²) in [6.45, 7) is 1.89. The van der Waals surface area contributed by atoms with Crippen molar-refractivity contribution in [3.63, 3.8) is 0 Å². The highest BCUT2D eigenvalue weighted by Gasteiger charge is 2.17. The largest absolute Gasteiger partial charge is 0.467 e. The summed E-state index contributed by atoms with van der Waals surface area (Å²) >= 11 is 0. The van der Waals surface area contributed by atoms with Gasteiger partial charge in [-0.1, -0.05) is 0 Å². The fourth-order valence-corrected chi connectivity index (χ4v) is 1.69. The Labute approximate surface area is 93.5 Å². The number of hydrogen-bond acceptors (Lipinski definition) is 4. The third-order valence-corrected chi connectivity index (χ3v) is 2.64. The van der Waals surface area contributed by atoms with Crippen LogP contribution in [-0.2, 0) is 0 Å². The van der Waals surface area contributed by atoms with Gasteiger partial charge in [0.2, 0.25) is 0 Å². The number of aliphatic hydroxyl groups excluding tert-OH is 1. The molecule has 0 amide bonds. The summed E-state index contributed by atoms with van der Waals surface area (Å²) in [5, 5.41) is 9.05. The van der Waals surface area contributed by atoms with Gasteiger partial charge in [-0.3, -0.25) is 0 Å². The van der Waals surface area contributed by atoms with E-state index in [9.17, 15) is 0 Å². The van der Waals surface area contributed by atoms with E-state index >= 15 is 0 Å². The molecule has 0 aliphatic rings. The van der Waals surface area contributed by atoms with Gasteiger partial charge in [-0.15, -0.1) is 0 Å². The number of furan rings is 1. The van der Waals surface area contributed by atoms with Gasteiger partial charge in [0, 0.05) is 6.20 Å². The van der Waals surface area contributed by atoms with Crippen LogP contribution in [0.2, 0.25) is 0 Å². The number of aromatic nitrogens is 2. The molecule has 5 nitrogen and oxygen atoms in total. The van der Waals surface area contributed by atoms with Gasteiger partial charge in [0.05, 0.1) is 37.0 Å². The molecule has 86 valence electrons. The molecule has 0 fully saturated rings. The van der Waals surface area contributed by atoms with Crippen LogP contribution in [0.5, 0.6) is 0 Å². The first kappa shape index (κ1) is 10.9. The van der Waals surface area contributed by atoms with Crippen LogP contribution in [0.25, 0.3) is 0 Å². The van der Waals surface area contributed by atoms with E-state index in [0.29, 0.717) is 0 Å². The van der Waals surface area contributed by atoms with Gasteiger partial charge in [0.1, 0.15) is 5.76 Å². The lowest BCUT2D eigenvalue weighted by molar-refractivity contribution is 0.261. The van der Waals surface area contributed by atoms with Crippen molar-refractivity contribution in [2.75, 3.05) is 6.61 Å². The number of nitrogens with two attached hydrogens (primary N) is 1. The maximum absolute atomic E-state index is 9.05. The molecule has 0 saturated carbocycles. The SMILES string of the molecule is CC(c1ccco1)n1cncc1C(N)CO. The van der Waals surface area contributed by atoms with Crippen LogP contribution in [0, 0.1) is 0 Å². The normalized spacial score (nSPS) is 14.9. The maximum Gasteiger partial charge on any atom is 0.126 e. The van der Waals surface area contributed by atoms with Crippen LogP contribution in [0.3, 0.4) is 0 Å². The average molecular weight is 221 g/mol. The van der Waals surface area contributed by atoms with E-state index in [4.69, 9.17) is 15.3 Å². The Balaban J connectivity index is 2.30. The molecule has 3 N–H and O–H groups in total. The molecule has 0 aliphatic carbocycles. The minimum absolute atomic E-state index is 0.0186. The zero-order valence-electron chi connectivity index (χ0n) is 9.08. The Morgan fingerprint density at radius 2 is 2.44 bits per heavy atom.